The van der Waals surface area contributed by atoms with Gasteiger partial charge in [0.05, 0.1) is 5.57 Å². The lowest BCUT2D eigenvalue weighted by molar-refractivity contribution is -0.132. The normalized spacial score (nSPS) is 24.1. The summed E-state index contributed by atoms with van der Waals surface area (Å²) in [5, 5.41) is 8.36. The van der Waals surface area contributed by atoms with Gasteiger partial charge in [0.15, 0.2) is 0 Å². The first-order valence-electron chi connectivity index (χ1n) is 2.64. The molecular formula is C6H7NO2. The maximum absolute atomic E-state index is 10.2. The Kier molecular flexibility index (Phi) is 1.39. The molecule has 0 heterocycles. The highest BCUT2D eigenvalue weighted by atomic mass is 16.4. The van der Waals surface area contributed by atoms with Crippen molar-refractivity contribution in [2.75, 3.05) is 0 Å². The molecule has 0 aromatic carbocycles. The summed E-state index contributed by atoms with van der Waals surface area (Å²) in [6.45, 7) is 0. The standard InChI is InChI=1S/C6H7NO2/c7-5-2-1-4(3-5)6(8)9/h2,5H,3,7H2,(H,8,9)/t5-/m1/s1. The Balaban J connectivity index is 2.69. The minimum Gasteiger partial charge on any atom is -0.477 e. The van der Waals surface area contributed by atoms with Gasteiger partial charge in [-0.1, -0.05) is 0 Å². The fraction of sp³-hybridized carbons (Fsp3) is 0.333. The van der Waals surface area contributed by atoms with Crippen molar-refractivity contribution in [1.82, 2.24) is 0 Å². The van der Waals surface area contributed by atoms with Crippen molar-refractivity contribution < 1.29 is 9.90 Å². The van der Waals surface area contributed by atoms with Gasteiger partial charge in [0.25, 0.3) is 0 Å². The molecule has 48 valence electrons. The van der Waals surface area contributed by atoms with E-state index in [-0.39, 0.29) is 11.6 Å². The van der Waals surface area contributed by atoms with Crippen LogP contribution in [0.3, 0.4) is 0 Å². The van der Waals surface area contributed by atoms with Gasteiger partial charge < -0.3 is 10.8 Å². The van der Waals surface area contributed by atoms with Crippen LogP contribution >= 0.6 is 0 Å². The fourth-order valence-electron chi connectivity index (χ4n) is 0.710. The van der Waals surface area contributed by atoms with Crippen molar-refractivity contribution >= 4 is 5.97 Å². The zero-order chi connectivity index (χ0) is 6.85. The smallest absolute Gasteiger partial charge is 0.339 e. The molecule has 0 bridgehead atoms. The Morgan fingerprint density at radius 1 is 2.00 bits per heavy atom. The van der Waals surface area contributed by atoms with Crippen molar-refractivity contribution in [2.45, 2.75) is 12.5 Å². The summed E-state index contributed by atoms with van der Waals surface area (Å²) in [6.07, 6.45) is 1.98. The summed E-state index contributed by atoms with van der Waals surface area (Å²) in [4.78, 5) is 10.2. The molecule has 0 fully saturated rings. The molecule has 0 unspecified atom stereocenters. The topological polar surface area (TPSA) is 63.3 Å². The molecule has 0 saturated carbocycles. The zero-order valence-electron chi connectivity index (χ0n) is 4.79. The van der Waals surface area contributed by atoms with Crippen LogP contribution in [0.1, 0.15) is 6.42 Å². The molecule has 9 heavy (non-hydrogen) atoms. The molecule has 3 heteroatoms. The second kappa shape index (κ2) is 2.05. The second-order valence-corrected chi connectivity index (χ2v) is 1.96. The molecule has 1 atom stereocenters. The molecule has 0 aliphatic heterocycles. The van der Waals surface area contributed by atoms with Gasteiger partial charge in [-0.05, 0) is 6.08 Å². The van der Waals surface area contributed by atoms with Crippen molar-refractivity contribution in [3.8, 4) is 0 Å². The molecule has 3 N–H and O–H groups in total. The van der Waals surface area contributed by atoms with Gasteiger partial charge in [-0.25, -0.2) is 4.79 Å². The molecule has 0 radical (unpaired) electrons. The van der Waals surface area contributed by atoms with Gasteiger partial charge in [0.1, 0.15) is 0 Å². The summed E-state index contributed by atoms with van der Waals surface area (Å²) in [5.41, 5.74) is 8.21. The third-order valence-electron chi connectivity index (χ3n) is 1.17. The van der Waals surface area contributed by atoms with Crippen LogP contribution in [0.4, 0.5) is 0 Å². The van der Waals surface area contributed by atoms with E-state index in [0.29, 0.717) is 6.42 Å². The molecule has 0 spiro atoms. The second-order valence-electron chi connectivity index (χ2n) is 1.96. The SMILES string of the molecule is N[C@@H]1C=C=C(C(=O)O)C1. The van der Waals surface area contributed by atoms with Crippen LogP contribution in [0.15, 0.2) is 17.4 Å². The predicted molar refractivity (Wildman–Crippen MR) is 31.8 cm³/mol. The first-order chi connectivity index (χ1) is 4.20. The maximum atomic E-state index is 10.2. The number of nitrogens with two attached hydrogens (primary N) is 1. The number of rotatable bonds is 1. The van der Waals surface area contributed by atoms with Crippen molar-refractivity contribution in [2.24, 2.45) is 5.73 Å². The highest BCUT2D eigenvalue weighted by molar-refractivity contribution is 5.87. The van der Waals surface area contributed by atoms with Gasteiger partial charge in [0, 0.05) is 12.5 Å². The Bertz CT molecular complexity index is 201. The Labute approximate surface area is 52.5 Å². The van der Waals surface area contributed by atoms with Crippen molar-refractivity contribution in [3.63, 3.8) is 0 Å². The van der Waals surface area contributed by atoms with Crippen LogP contribution in [0.2, 0.25) is 0 Å². The maximum Gasteiger partial charge on any atom is 0.339 e. The van der Waals surface area contributed by atoms with Gasteiger partial charge >= 0.3 is 5.97 Å². The number of carboxylic acids is 1. The van der Waals surface area contributed by atoms with Crippen LogP contribution in [-0.2, 0) is 4.79 Å². The number of aliphatic carboxylic acids is 1. The largest absolute Gasteiger partial charge is 0.477 e. The van der Waals surface area contributed by atoms with E-state index >= 15 is 0 Å². The van der Waals surface area contributed by atoms with Crippen LogP contribution in [-0.4, -0.2) is 17.1 Å². The van der Waals surface area contributed by atoms with Crippen LogP contribution in [0, 0.1) is 0 Å². The van der Waals surface area contributed by atoms with E-state index in [0.717, 1.165) is 0 Å². The average Bonchev–Trinajstić information content (AvgIpc) is 2.14. The van der Waals surface area contributed by atoms with Crippen LogP contribution in [0.25, 0.3) is 0 Å². The van der Waals surface area contributed by atoms with E-state index in [1.54, 1.807) is 6.08 Å². The number of carbonyl (C=O) groups is 1. The third-order valence-corrected chi connectivity index (χ3v) is 1.17. The van der Waals surface area contributed by atoms with E-state index in [4.69, 9.17) is 10.8 Å². The summed E-state index contributed by atoms with van der Waals surface area (Å²) in [5.74, 6) is -0.917. The Morgan fingerprint density at radius 2 is 2.67 bits per heavy atom. The predicted octanol–water partition coefficient (Wildman–Crippen LogP) is -0.117. The minimum atomic E-state index is -0.917. The summed E-state index contributed by atoms with van der Waals surface area (Å²) in [6, 6.07) is -0.143. The number of hydrogen-bond donors (Lipinski definition) is 2. The van der Waals surface area contributed by atoms with Gasteiger partial charge in [-0.15, -0.1) is 5.73 Å². The van der Waals surface area contributed by atoms with Crippen molar-refractivity contribution in [3.05, 3.63) is 17.4 Å². The molecule has 1 aliphatic carbocycles. The number of hydrogen-bond acceptors (Lipinski definition) is 2. The highest BCUT2D eigenvalue weighted by Crippen LogP contribution is 2.09. The number of carboxylic acid groups (broad SMARTS) is 1. The molecular weight excluding hydrogens is 118 g/mol. The van der Waals surface area contributed by atoms with Crippen molar-refractivity contribution in [1.29, 1.82) is 0 Å². The van der Waals surface area contributed by atoms with E-state index in [1.165, 1.54) is 0 Å². The van der Waals surface area contributed by atoms with Gasteiger partial charge in [0.2, 0.25) is 0 Å². The fourth-order valence-corrected chi connectivity index (χ4v) is 0.710. The summed E-state index contributed by atoms with van der Waals surface area (Å²) < 4.78 is 0. The lowest BCUT2D eigenvalue weighted by Crippen LogP contribution is -2.15. The molecule has 3 nitrogen and oxygen atoms in total. The van der Waals surface area contributed by atoms with E-state index < -0.39 is 5.97 Å². The van der Waals surface area contributed by atoms with E-state index in [9.17, 15) is 4.79 Å². The molecule has 1 aliphatic rings. The Morgan fingerprint density at radius 3 is 2.89 bits per heavy atom. The summed E-state index contributed by atoms with van der Waals surface area (Å²) in [7, 11) is 0. The minimum absolute atomic E-state index is 0.143. The van der Waals surface area contributed by atoms with Gasteiger partial charge in [-0.3, -0.25) is 0 Å². The van der Waals surface area contributed by atoms with E-state index in [2.05, 4.69) is 5.73 Å². The quantitative estimate of drug-likeness (QED) is 0.480. The molecule has 0 aromatic rings. The first kappa shape index (κ1) is 6.08. The highest BCUT2D eigenvalue weighted by Gasteiger charge is 2.13. The monoisotopic (exact) mass is 125 g/mol. The molecule has 1 rings (SSSR count). The molecule has 0 saturated heterocycles. The molecule has 0 amide bonds. The molecule has 0 aromatic heterocycles. The average molecular weight is 125 g/mol. The third kappa shape index (κ3) is 1.19. The first-order valence-corrected chi connectivity index (χ1v) is 2.64. The Hall–Kier alpha value is -1.05. The van der Waals surface area contributed by atoms with Crippen LogP contribution in [0.5, 0.6) is 0 Å². The zero-order valence-corrected chi connectivity index (χ0v) is 4.79. The lowest BCUT2D eigenvalue weighted by Gasteiger charge is -1.95. The van der Waals surface area contributed by atoms with Crippen LogP contribution < -0.4 is 5.73 Å². The summed E-state index contributed by atoms with van der Waals surface area (Å²) >= 11 is 0. The van der Waals surface area contributed by atoms with Gasteiger partial charge in [-0.2, -0.15) is 0 Å². The van der Waals surface area contributed by atoms with E-state index in [1.807, 2.05) is 0 Å². The lowest BCUT2D eigenvalue weighted by atomic mass is 10.2.